The molecule has 1 N–H and O–H groups in total. The van der Waals surface area contributed by atoms with E-state index in [-0.39, 0.29) is 17.2 Å². The van der Waals surface area contributed by atoms with Crippen molar-refractivity contribution in [2.45, 2.75) is 25.9 Å². The second kappa shape index (κ2) is 8.83. The zero-order chi connectivity index (χ0) is 22.8. The number of hydrogen-bond donors (Lipinski definition) is 1. The van der Waals surface area contributed by atoms with Crippen molar-refractivity contribution in [1.82, 2.24) is 29.6 Å². The topological polar surface area (TPSA) is 99.6 Å². The summed E-state index contributed by atoms with van der Waals surface area (Å²) in [5, 5.41) is 15.0. The highest BCUT2D eigenvalue weighted by molar-refractivity contribution is 7.99. The Morgan fingerprint density at radius 3 is 2.53 bits per heavy atom. The Balaban J connectivity index is 1.56. The van der Waals surface area contributed by atoms with Gasteiger partial charge in [-0.1, -0.05) is 36.0 Å². The van der Waals surface area contributed by atoms with Gasteiger partial charge in [0, 0.05) is 12.7 Å². The van der Waals surface area contributed by atoms with Crippen LogP contribution in [0.25, 0.3) is 11.4 Å². The van der Waals surface area contributed by atoms with E-state index in [9.17, 15) is 9.59 Å². The molecule has 0 aliphatic carbocycles. The molecule has 2 aromatic heterocycles. The molecule has 0 aliphatic heterocycles. The molecule has 0 saturated carbocycles. The molecule has 0 aliphatic rings. The van der Waals surface area contributed by atoms with Gasteiger partial charge >= 0.3 is 0 Å². The van der Waals surface area contributed by atoms with Gasteiger partial charge in [0.05, 0.1) is 17.1 Å². The van der Waals surface area contributed by atoms with Gasteiger partial charge < -0.3 is 5.32 Å². The van der Waals surface area contributed by atoms with Crippen molar-refractivity contribution in [3.8, 4) is 11.4 Å². The summed E-state index contributed by atoms with van der Waals surface area (Å²) in [5.41, 5.74) is 4.55. The SMILES string of the molecule is Cc1ccc(NC(=O)CSc2nnnn2-c2c(C)n(C)n(-c3ccccc3)c2=O)cc1C. The first-order valence-corrected chi connectivity index (χ1v) is 11.0. The zero-order valence-electron chi connectivity index (χ0n) is 18.2. The summed E-state index contributed by atoms with van der Waals surface area (Å²) in [6, 6.07) is 15.1. The van der Waals surface area contributed by atoms with Crippen LogP contribution in [0.15, 0.2) is 58.5 Å². The van der Waals surface area contributed by atoms with Crippen LogP contribution in [-0.4, -0.2) is 41.2 Å². The third-order valence-electron chi connectivity index (χ3n) is 5.30. The Kier molecular flexibility index (Phi) is 5.95. The van der Waals surface area contributed by atoms with Crippen LogP contribution in [0.1, 0.15) is 16.8 Å². The van der Waals surface area contributed by atoms with E-state index < -0.39 is 0 Å². The number of carbonyl (C=O) groups is 1. The smallest absolute Gasteiger partial charge is 0.297 e. The molecule has 0 radical (unpaired) electrons. The van der Waals surface area contributed by atoms with Gasteiger partial charge in [-0.25, -0.2) is 4.68 Å². The molecule has 0 fully saturated rings. The highest BCUT2D eigenvalue weighted by atomic mass is 32.2. The quantitative estimate of drug-likeness (QED) is 0.455. The lowest BCUT2D eigenvalue weighted by Crippen LogP contribution is -2.22. The number of carbonyl (C=O) groups excluding carboxylic acids is 1. The van der Waals surface area contributed by atoms with E-state index in [2.05, 4.69) is 20.8 Å². The summed E-state index contributed by atoms with van der Waals surface area (Å²) in [6.07, 6.45) is 0. The summed E-state index contributed by atoms with van der Waals surface area (Å²) in [7, 11) is 1.81. The number of thioether (sulfide) groups is 1. The average Bonchev–Trinajstić information content (AvgIpc) is 3.31. The van der Waals surface area contributed by atoms with Gasteiger partial charge in [0.15, 0.2) is 5.69 Å². The lowest BCUT2D eigenvalue weighted by Gasteiger charge is -2.07. The first-order valence-electron chi connectivity index (χ1n) is 9.99. The van der Waals surface area contributed by atoms with Crippen LogP contribution in [0.4, 0.5) is 5.69 Å². The Labute approximate surface area is 189 Å². The van der Waals surface area contributed by atoms with Gasteiger partial charge in [-0.15, -0.1) is 5.10 Å². The third-order valence-corrected chi connectivity index (χ3v) is 6.22. The van der Waals surface area contributed by atoms with E-state index in [0.29, 0.717) is 16.5 Å². The Morgan fingerprint density at radius 2 is 1.81 bits per heavy atom. The largest absolute Gasteiger partial charge is 0.325 e. The van der Waals surface area contributed by atoms with E-state index in [1.54, 1.807) is 16.4 Å². The maximum absolute atomic E-state index is 13.2. The Hall–Kier alpha value is -3.66. The minimum atomic E-state index is -0.245. The molecule has 0 unspecified atom stereocenters. The first-order chi connectivity index (χ1) is 15.4. The van der Waals surface area contributed by atoms with E-state index in [4.69, 9.17) is 0 Å². The third kappa shape index (κ3) is 4.09. The molecule has 0 spiro atoms. The molecule has 2 heterocycles. The lowest BCUT2D eigenvalue weighted by atomic mass is 10.1. The predicted octanol–water partition coefficient (Wildman–Crippen LogP) is 2.81. The molecule has 32 heavy (non-hydrogen) atoms. The Bertz CT molecular complexity index is 1340. The maximum Gasteiger partial charge on any atom is 0.297 e. The summed E-state index contributed by atoms with van der Waals surface area (Å²) in [5.74, 6) is -0.0780. The fraction of sp³-hybridized carbons (Fsp3) is 0.227. The van der Waals surface area contributed by atoms with Crippen molar-refractivity contribution >= 4 is 23.4 Å². The van der Waals surface area contributed by atoms with Crippen molar-refractivity contribution in [3.05, 3.63) is 75.7 Å². The molecule has 2 aromatic carbocycles. The molecule has 0 atom stereocenters. The van der Waals surface area contributed by atoms with E-state index in [1.807, 2.05) is 69.3 Å². The fourth-order valence-corrected chi connectivity index (χ4v) is 4.03. The lowest BCUT2D eigenvalue weighted by molar-refractivity contribution is -0.113. The number of amides is 1. The van der Waals surface area contributed by atoms with Crippen molar-refractivity contribution < 1.29 is 4.79 Å². The number of rotatable bonds is 6. The number of aryl methyl sites for hydroxylation is 2. The molecule has 9 nitrogen and oxygen atoms in total. The van der Waals surface area contributed by atoms with E-state index in [1.165, 1.54) is 16.4 Å². The van der Waals surface area contributed by atoms with Crippen molar-refractivity contribution in [1.29, 1.82) is 0 Å². The second-order valence-corrected chi connectivity index (χ2v) is 8.36. The van der Waals surface area contributed by atoms with Crippen molar-refractivity contribution in [2.75, 3.05) is 11.1 Å². The highest BCUT2D eigenvalue weighted by Crippen LogP contribution is 2.21. The summed E-state index contributed by atoms with van der Waals surface area (Å²) < 4.78 is 4.72. The van der Waals surface area contributed by atoms with Crippen LogP contribution in [0.5, 0.6) is 0 Å². The molecule has 1 amide bonds. The molecule has 0 bridgehead atoms. The number of nitrogens with one attached hydrogen (secondary N) is 1. The normalized spacial score (nSPS) is 11.0. The van der Waals surface area contributed by atoms with Gasteiger partial charge in [0.1, 0.15) is 0 Å². The maximum atomic E-state index is 13.2. The zero-order valence-corrected chi connectivity index (χ0v) is 19.1. The van der Waals surface area contributed by atoms with Crippen molar-refractivity contribution in [3.63, 3.8) is 0 Å². The van der Waals surface area contributed by atoms with Gasteiger partial charge in [0.2, 0.25) is 11.1 Å². The first kappa shape index (κ1) is 21.6. The molecule has 4 rings (SSSR count). The summed E-state index contributed by atoms with van der Waals surface area (Å²) in [4.78, 5) is 25.7. The van der Waals surface area contributed by atoms with Crippen LogP contribution in [0, 0.1) is 20.8 Å². The number of anilines is 1. The Morgan fingerprint density at radius 1 is 1.06 bits per heavy atom. The standard InChI is InChI=1S/C22H23N7O2S/c1-14-10-11-17(12-15(14)2)23-19(30)13-32-22-24-25-26-28(22)20-16(3)27(4)29(21(20)31)18-8-6-5-7-9-18/h5-12H,13H2,1-4H3,(H,23,30). The van der Waals surface area contributed by atoms with E-state index in [0.717, 1.165) is 22.5 Å². The number of nitrogens with zero attached hydrogens (tertiary/aromatic N) is 6. The number of aromatic nitrogens is 6. The molecule has 0 saturated heterocycles. The number of para-hydroxylation sites is 1. The summed E-state index contributed by atoms with van der Waals surface area (Å²) in [6.45, 7) is 5.85. The predicted molar refractivity (Wildman–Crippen MR) is 124 cm³/mol. The van der Waals surface area contributed by atoms with Crippen LogP contribution in [0.2, 0.25) is 0 Å². The average molecular weight is 450 g/mol. The van der Waals surface area contributed by atoms with Crippen LogP contribution in [-0.2, 0) is 11.8 Å². The molecule has 164 valence electrons. The van der Waals surface area contributed by atoms with Crippen LogP contribution in [0.3, 0.4) is 0 Å². The molecule has 10 heteroatoms. The van der Waals surface area contributed by atoms with Gasteiger partial charge in [-0.3, -0.25) is 14.3 Å². The highest BCUT2D eigenvalue weighted by Gasteiger charge is 2.22. The van der Waals surface area contributed by atoms with Crippen LogP contribution >= 0.6 is 11.8 Å². The summed E-state index contributed by atoms with van der Waals surface area (Å²) >= 11 is 1.17. The molecular weight excluding hydrogens is 426 g/mol. The van der Waals surface area contributed by atoms with Crippen molar-refractivity contribution in [2.24, 2.45) is 7.05 Å². The molecular formula is C22H23N7O2S. The fourth-order valence-electron chi connectivity index (χ4n) is 3.35. The monoisotopic (exact) mass is 449 g/mol. The minimum absolute atomic E-state index is 0.103. The number of benzene rings is 2. The van der Waals surface area contributed by atoms with Gasteiger partial charge in [0.25, 0.3) is 5.56 Å². The molecule has 4 aromatic rings. The van der Waals surface area contributed by atoms with Crippen LogP contribution < -0.4 is 10.9 Å². The van der Waals surface area contributed by atoms with E-state index >= 15 is 0 Å². The minimum Gasteiger partial charge on any atom is -0.325 e. The van der Waals surface area contributed by atoms with Gasteiger partial charge in [-0.2, -0.15) is 4.68 Å². The number of hydrogen-bond acceptors (Lipinski definition) is 6. The van der Waals surface area contributed by atoms with Gasteiger partial charge in [-0.05, 0) is 66.6 Å². The second-order valence-electron chi connectivity index (χ2n) is 7.42. The number of tetrazole rings is 1.